The number of aliphatic hydroxyl groups is 1. The van der Waals surface area contributed by atoms with E-state index in [9.17, 15) is 4.79 Å². The normalized spacial score (nSPS) is 10.2. The number of para-hydroxylation sites is 1. The molecule has 2 N–H and O–H groups in total. The standard InChI is InChI=1S/C12H10ClNO3/c13-11-6-5-10(17-11)12(16)14-9-4-2-1-3-8(9)7-15/h1-6,15H,7H2,(H,14,16). The van der Waals surface area contributed by atoms with E-state index >= 15 is 0 Å². The Morgan fingerprint density at radius 3 is 2.71 bits per heavy atom. The van der Waals surface area contributed by atoms with E-state index in [4.69, 9.17) is 21.1 Å². The molecule has 0 bridgehead atoms. The van der Waals surface area contributed by atoms with Gasteiger partial charge in [0, 0.05) is 11.3 Å². The first-order valence-corrected chi connectivity index (χ1v) is 5.34. The topological polar surface area (TPSA) is 62.5 Å². The number of benzene rings is 1. The fourth-order valence-corrected chi connectivity index (χ4v) is 1.55. The number of amides is 1. The summed E-state index contributed by atoms with van der Waals surface area (Å²) >= 11 is 5.58. The Balaban J connectivity index is 2.18. The molecule has 2 aromatic rings. The van der Waals surface area contributed by atoms with Crippen molar-refractivity contribution < 1.29 is 14.3 Å². The van der Waals surface area contributed by atoms with E-state index in [2.05, 4.69) is 5.32 Å². The maximum atomic E-state index is 11.8. The first-order chi connectivity index (χ1) is 8.20. The Morgan fingerprint density at radius 2 is 2.06 bits per heavy atom. The molecule has 0 unspecified atom stereocenters. The van der Waals surface area contributed by atoms with Crippen LogP contribution < -0.4 is 5.32 Å². The van der Waals surface area contributed by atoms with Crippen molar-refractivity contribution in [1.82, 2.24) is 0 Å². The Hall–Kier alpha value is -1.78. The molecule has 17 heavy (non-hydrogen) atoms. The Morgan fingerprint density at radius 1 is 1.29 bits per heavy atom. The lowest BCUT2D eigenvalue weighted by Gasteiger charge is -2.07. The van der Waals surface area contributed by atoms with E-state index in [0.717, 1.165) is 0 Å². The third-order valence-electron chi connectivity index (χ3n) is 2.23. The van der Waals surface area contributed by atoms with Crippen LogP contribution in [0, 0.1) is 0 Å². The molecule has 2 rings (SSSR count). The van der Waals surface area contributed by atoms with Crippen molar-refractivity contribution in [3.8, 4) is 0 Å². The predicted octanol–water partition coefficient (Wildman–Crippen LogP) is 2.68. The van der Waals surface area contributed by atoms with Crippen LogP contribution in [-0.2, 0) is 6.61 Å². The molecule has 0 radical (unpaired) electrons. The predicted molar refractivity (Wildman–Crippen MR) is 64.0 cm³/mol. The highest BCUT2D eigenvalue weighted by Gasteiger charge is 2.12. The Labute approximate surface area is 103 Å². The van der Waals surface area contributed by atoms with Crippen molar-refractivity contribution in [1.29, 1.82) is 0 Å². The van der Waals surface area contributed by atoms with E-state index in [0.29, 0.717) is 11.3 Å². The number of hydrogen-bond donors (Lipinski definition) is 2. The van der Waals surface area contributed by atoms with Gasteiger partial charge in [0.2, 0.25) is 0 Å². The van der Waals surface area contributed by atoms with Gasteiger partial charge >= 0.3 is 0 Å². The van der Waals surface area contributed by atoms with E-state index in [1.165, 1.54) is 12.1 Å². The van der Waals surface area contributed by atoms with E-state index in [-0.39, 0.29) is 17.6 Å². The van der Waals surface area contributed by atoms with E-state index in [1.807, 2.05) is 0 Å². The summed E-state index contributed by atoms with van der Waals surface area (Å²) in [5.74, 6) is -0.277. The number of furan rings is 1. The second-order valence-corrected chi connectivity index (χ2v) is 3.75. The van der Waals surface area contributed by atoms with Crippen LogP contribution in [0.1, 0.15) is 16.1 Å². The fourth-order valence-electron chi connectivity index (χ4n) is 1.40. The second kappa shape index (κ2) is 5.03. The van der Waals surface area contributed by atoms with Crippen molar-refractivity contribution in [2.24, 2.45) is 0 Å². The zero-order chi connectivity index (χ0) is 12.3. The number of rotatable bonds is 3. The van der Waals surface area contributed by atoms with Crippen molar-refractivity contribution in [2.75, 3.05) is 5.32 Å². The molecule has 0 fully saturated rings. The van der Waals surface area contributed by atoms with Crippen LogP contribution in [-0.4, -0.2) is 11.0 Å². The summed E-state index contributed by atoms with van der Waals surface area (Å²) in [5, 5.41) is 11.9. The summed E-state index contributed by atoms with van der Waals surface area (Å²) < 4.78 is 4.98. The van der Waals surface area contributed by atoms with Gasteiger partial charge in [0.1, 0.15) is 0 Å². The summed E-state index contributed by atoms with van der Waals surface area (Å²) in [4.78, 5) is 11.8. The summed E-state index contributed by atoms with van der Waals surface area (Å²) in [6.07, 6.45) is 0. The zero-order valence-corrected chi connectivity index (χ0v) is 9.57. The highest BCUT2D eigenvalue weighted by molar-refractivity contribution is 6.29. The second-order valence-electron chi connectivity index (χ2n) is 3.37. The minimum Gasteiger partial charge on any atom is -0.440 e. The monoisotopic (exact) mass is 251 g/mol. The van der Waals surface area contributed by atoms with Crippen LogP contribution in [0.25, 0.3) is 0 Å². The quantitative estimate of drug-likeness (QED) is 0.882. The molecule has 0 aliphatic heterocycles. The molecule has 0 atom stereocenters. The molecule has 0 saturated carbocycles. The number of hydrogen-bond acceptors (Lipinski definition) is 3. The minimum atomic E-state index is -0.405. The van der Waals surface area contributed by atoms with Gasteiger partial charge in [-0.2, -0.15) is 0 Å². The molecule has 88 valence electrons. The molecular formula is C12H10ClNO3. The Kier molecular flexibility index (Phi) is 3.46. The van der Waals surface area contributed by atoms with Gasteiger partial charge in [0.05, 0.1) is 6.61 Å². The fraction of sp³-hybridized carbons (Fsp3) is 0.0833. The number of halogens is 1. The lowest BCUT2D eigenvalue weighted by Crippen LogP contribution is -2.12. The van der Waals surface area contributed by atoms with E-state index in [1.54, 1.807) is 24.3 Å². The maximum Gasteiger partial charge on any atom is 0.291 e. The third-order valence-corrected chi connectivity index (χ3v) is 2.44. The van der Waals surface area contributed by atoms with Crippen LogP contribution in [0.15, 0.2) is 40.8 Å². The highest BCUT2D eigenvalue weighted by atomic mass is 35.5. The molecule has 1 heterocycles. The van der Waals surface area contributed by atoms with Gasteiger partial charge in [0.25, 0.3) is 5.91 Å². The van der Waals surface area contributed by atoms with Crippen LogP contribution in [0.2, 0.25) is 5.22 Å². The van der Waals surface area contributed by atoms with Gasteiger partial charge in [-0.05, 0) is 29.8 Å². The first kappa shape index (κ1) is 11.7. The lowest BCUT2D eigenvalue weighted by molar-refractivity contribution is 0.0996. The number of aliphatic hydroxyl groups excluding tert-OH is 1. The van der Waals surface area contributed by atoms with Gasteiger partial charge in [-0.1, -0.05) is 18.2 Å². The summed E-state index contributed by atoms with van der Waals surface area (Å²) in [7, 11) is 0. The van der Waals surface area contributed by atoms with Crippen LogP contribution >= 0.6 is 11.6 Å². The van der Waals surface area contributed by atoms with E-state index < -0.39 is 5.91 Å². The molecule has 5 heteroatoms. The summed E-state index contributed by atoms with van der Waals surface area (Å²) in [6.45, 7) is -0.143. The molecule has 0 saturated heterocycles. The molecule has 1 aromatic carbocycles. The average molecular weight is 252 g/mol. The third kappa shape index (κ3) is 2.67. The zero-order valence-electron chi connectivity index (χ0n) is 8.81. The van der Waals surface area contributed by atoms with Crippen LogP contribution in [0.5, 0.6) is 0 Å². The van der Waals surface area contributed by atoms with Gasteiger partial charge in [-0.15, -0.1) is 0 Å². The van der Waals surface area contributed by atoms with Gasteiger partial charge in [-0.3, -0.25) is 4.79 Å². The van der Waals surface area contributed by atoms with Crippen molar-refractivity contribution in [3.63, 3.8) is 0 Å². The van der Waals surface area contributed by atoms with Gasteiger partial charge in [-0.25, -0.2) is 0 Å². The molecule has 4 nitrogen and oxygen atoms in total. The highest BCUT2D eigenvalue weighted by Crippen LogP contribution is 2.18. The molecule has 0 aliphatic carbocycles. The minimum absolute atomic E-state index is 0.128. The average Bonchev–Trinajstić information content (AvgIpc) is 2.77. The van der Waals surface area contributed by atoms with Gasteiger partial charge in [0.15, 0.2) is 11.0 Å². The molecule has 0 aliphatic rings. The SMILES string of the molecule is O=C(Nc1ccccc1CO)c1ccc(Cl)o1. The van der Waals surface area contributed by atoms with Crippen LogP contribution in [0.4, 0.5) is 5.69 Å². The van der Waals surface area contributed by atoms with Gasteiger partial charge < -0.3 is 14.8 Å². The van der Waals surface area contributed by atoms with Crippen molar-refractivity contribution in [2.45, 2.75) is 6.61 Å². The van der Waals surface area contributed by atoms with Crippen molar-refractivity contribution >= 4 is 23.2 Å². The summed E-state index contributed by atoms with van der Waals surface area (Å²) in [5.41, 5.74) is 1.19. The smallest absolute Gasteiger partial charge is 0.291 e. The number of nitrogens with one attached hydrogen (secondary N) is 1. The Bertz CT molecular complexity index is 536. The largest absolute Gasteiger partial charge is 0.440 e. The summed E-state index contributed by atoms with van der Waals surface area (Å²) in [6, 6.07) is 9.96. The lowest BCUT2D eigenvalue weighted by atomic mass is 10.2. The first-order valence-electron chi connectivity index (χ1n) is 4.96. The van der Waals surface area contributed by atoms with Crippen LogP contribution in [0.3, 0.4) is 0 Å². The number of carbonyl (C=O) groups is 1. The molecule has 1 aromatic heterocycles. The number of carbonyl (C=O) groups excluding carboxylic acids is 1. The molecule has 1 amide bonds. The molecular weight excluding hydrogens is 242 g/mol. The molecule has 0 spiro atoms. The number of anilines is 1. The van der Waals surface area contributed by atoms with Crippen molar-refractivity contribution in [3.05, 3.63) is 52.9 Å². The maximum absolute atomic E-state index is 11.8.